The maximum Gasteiger partial charge on any atom is -0.0159 e. The molecule has 0 N–H and O–H groups in total. The molecule has 0 aromatic heterocycles. The Bertz CT molecular complexity index is 571. The fourth-order valence-corrected chi connectivity index (χ4v) is 6.26. The Morgan fingerprint density at radius 2 is 1.76 bits per heavy atom. The average molecular weight is 339 g/mol. The van der Waals surface area contributed by atoms with Gasteiger partial charge in [-0.15, -0.1) is 0 Å². The number of unbranched alkanes of at least 4 members (excludes halogenated alkanes) is 1. The fourth-order valence-electron chi connectivity index (χ4n) is 6.26. The van der Waals surface area contributed by atoms with E-state index in [1.807, 2.05) is 0 Å². The number of benzene rings is 1. The molecule has 138 valence electrons. The molecule has 0 amide bonds. The third-order valence-corrected chi connectivity index (χ3v) is 7.86. The first kappa shape index (κ1) is 17.6. The molecule has 0 radical (unpaired) electrons. The molecule has 3 aliphatic rings. The Balaban J connectivity index is 1.38. The maximum atomic E-state index is 2.61. The minimum Gasteiger partial charge on any atom is -0.0654 e. The Morgan fingerprint density at radius 1 is 0.920 bits per heavy atom. The van der Waals surface area contributed by atoms with Crippen LogP contribution in [0.3, 0.4) is 0 Å². The summed E-state index contributed by atoms with van der Waals surface area (Å²) in [4.78, 5) is 0. The van der Waals surface area contributed by atoms with Crippen molar-refractivity contribution in [2.45, 2.75) is 96.8 Å². The lowest BCUT2D eigenvalue weighted by Gasteiger charge is -2.42. The Hall–Kier alpha value is -0.780. The van der Waals surface area contributed by atoms with Crippen molar-refractivity contribution in [2.24, 2.45) is 23.7 Å². The van der Waals surface area contributed by atoms with E-state index in [-0.39, 0.29) is 0 Å². The Morgan fingerprint density at radius 3 is 2.64 bits per heavy atom. The largest absolute Gasteiger partial charge is 0.0654 e. The van der Waals surface area contributed by atoms with Gasteiger partial charge in [0.05, 0.1) is 0 Å². The molecule has 3 aliphatic carbocycles. The van der Waals surface area contributed by atoms with E-state index < -0.39 is 0 Å². The predicted octanol–water partition coefficient (Wildman–Crippen LogP) is 7.30. The highest BCUT2D eigenvalue weighted by Gasteiger charge is 2.35. The lowest BCUT2D eigenvalue weighted by Crippen LogP contribution is -2.30. The molecule has 0 saturated heterocycles. The number of rotatable bonds is 4. The molecule has 0 heteroatoms. The number of hydrogen-bond acceptors (Lipinski definition) is 0. The van der Waals surface area contributed by atoms with Gasteiger partial charge in [-0.3, -0.25) is 0 Å². The summed E-state index contributed by atoms with van der Waals surface area (Å²) in [6, 6.07) is 7.59. The highest BCUT2D eigenvalue weighted by atomic mass is 14.4. The van der Waals surface area contributed by atoms with Crippen molar-refractivity contribution in [1.29, 1.82) is 0 Å². The zero-order valence-corrected chi connectivity index (χ0v) is 16.6. The van der Waals surface area contributed by atoms with Gasteiger partial charge in [0.25, 0.3) is 0 Å². The number of hydrogen-bond donors (Lipinski definition) is 0. The zero-order chi connectivity index (χ0) is 17.2. The highest BCUT2D eigenvalue weighted by molar-refractivity contribution is 5.36. The quantitative estimate of drug-likeness (QED) is 0.540. The molecular weight excluding hydrogens is 300 g/mol. The second kappa shape index (κ2) is 7.85. The SMILES string of the molecule is CCCCC1CCC2CC(c3ccc4c(c3)CCC(C)C4)CCC2C1. The van der Waals surface area contributed by atoms with Crippen LogP contribution in [-0.4, -0.2) is 0 Å². The second-order valence-corrected chi connectivity index (χ2v) is 9.73. The minimum atomic E-state index is 0.859. The van der Waals surface area contributed by atoms with Crippen molar-refractivity contribution in [1.82, 2.24) is 0 Å². The molecule has 0 heterocycles. The normalized spacial score (nSPS) is 35.0. The average Bonchev–Trinajstić information content (AvgIpc) is 2.65. The van der Waals surface area contributed by atoms with E-state index in [0.717, 1.165) is 29.6 Å². The van der Waals surface area contributed by atoms with Gasteiger partial charge in [0.2, 0.25) is 0 Å². The van der Waals surface area contributed by atoms with Gasteiger partial charge >= 0.3 is 0 Å². The van der Waals surface area contributed by atoms with Crippen LogP contribution in [0.2, 0.25) is 0 Å². The van der Waals surface area contributed by atoms with Crippen molar-refractivity contribution in [3.8, 4) is 0 Å². The van der Waals surface area contributed by atoms with Crippen LogP contribution in [0.1, 0.15) is 101 Å². The van der Waals surface area contributed by atoms with Gasteiger partial charge in [0.1, 0.15) is 0 Å². The van der Waals surface area contributed by atoms with Crippen LogP contribution in [0.4, 0.5) is 0 Å². The molecule has 0 bridgehead atoms. The molecule has 1 aromatic carbocycles. The molecule has 1 aromatic rings. The van der Waals surface area contributed by atoms with Crippen molar-refractivity contribution in [3.05, 3.63) is 34.9 Å². The summed E-state index contributed by atoms with van der Waals surface area (Å²) >= 11 is 0. The van der Waals surface area contributed by atoms with Gasteiger partial charge in [-0.2, -0.15) is 0 Å². The minimum absolute atomic E-state index is 0.859. The van der Waals surface area contributed by atoms with Crippen LogP contribution in [0, 0.1) is 23.7 Å². The zero-order valence-electron chi connectivity index (χ0n) is 16.6. The first-order valence-electron chi connectivity index (χ1n) is 11.3. The van der Waals surface area contributed by atoms with Crippen molar-refractivity contribution in [3.63, 3.8) is 0 Å². The number of fused-ring (bicyclic) bond motifs is 2. The van der Waals surface area contributed by atoms with Crippen LogP contribution in [0.5, 0.6) is 0 Å². The molecule has 5 unspecified atom stereocenters. The van der Waals surface area contributed by atoms with Gasteiger partial charge in [-0.1, -0.05) is 57.7 Å². The first-order valence-corrected chi connectivity index (χ1v) is 11.3. The summed E-state index contributed by atoms with van der Waals surface area (Å²) in [7, 11) is 0. The smallest absolute Gasteiger partial charge is 0.0159 e. The van der Waals surface area contributed by atoms with Crippen LogP contribution >= 0.6 is 0 Å². The van der Waals surface area contributed by atoms with Crippen LogP contribution in [0.25, 0.3) is 0 Å². The van der Waals surface area contributed by atoms with Gasteiger partial charge in [-0.05, 0) is 97.6 Å². The van der Waals surface area contributed by atoms with E-state index in [0.29, 0.717) is 0 Å². The summed E-state index contributed by atoms with van der Waals surface area (Å²) < 4.78 is 0. The monoisotopic (exact) mass is 338 g/mol. The molecule has 0 nitrogen and oxygen atoms in total. The first-order chi connectivity index (χ1) is 12.2. The summed E-state index contributed by atoms with van der Waals surface area (Å²) in [5.41, 5.74) is 5.01. The Kier molecular flexibility index (Phi) is 5.53. The van der Waals surface area contributed by atoms with Crippen molar-refractivity contribution >= 4 is 0 Å². The molecule has 25 heavy (non-hydrogen) atoms. The van der Waals surface area contributed by atoms with E-state index in [9.17, 15) is 0 Å². The molecule has 2 saturated carbocycles. The number of aryl methyl sites for hydroxylation is 1. The van der Waals surface area contributed by atoms with E-state index >= 15 is 0 Å². The van der Waals surface area contributed by atoms with E-state index in [1.54, 1.807) is 23.1 Å². The predicted molar refractivity (Wildman–Crippen MR) is 108 cm³/mol. The second-order valence-electron chi connectivity index (χ2n) is 9.73. The molecule has 2 fully saturated rings. The molecule has 5 atom stereocenters. The third-order valence-electron chi connectivity index (χ3n) is 7.86. The van der Waals surface area contributed by atoms with Gasteiger partial charge in [-0.25, -0.2) is 0 Å². The van der Waals surface area contributed by atoms with Crippen molar-refractivity contribution in [2.75, 3.05) is 0 Å². The van der Waals surface area contributed by atoms with E-state index in [4.69, 9.17) is 0 Å². The molecule has 4 rings (SSSR count). The van der Waals surface area contributed by atoms with E-state index in [2.05, 4.69) is 32.0 Å². The van der Waals surface area contributed by atoms with Crippen LogP contribution in [-0.2, 0) is 12.8 Å². The summed E-state index contributed by atoms with van der Waals surface area (Å²) in [6.45, 7) is 4.76. The van der Waals surface area contributed by atoms with Crippen molar-refractivity contribution < 1.29 is 0 Å². The standard InChI is InChI=1S/C25H38/c1-3-4-5-19-7-9-23-17-25(13-11-21(23)15-19)24-12-10-20-14-18(2)6-8-22(20)16-24/h10,12,16,18-19,21,23,25H,3-9,11,13-15,17H2,1-2H3. The maximum absolute atomic E-state index is 2.61. The summed E-state index contributed by atoms with van der Waals surface area (Å²) in [6.07, 6.45) is 17.4. The van der Waals surface area contributed by atoms with Gasteiger partial charge in [0, 0.05) is 0 Å². The Labute approximate surface area is 155 Å². The van der Waals surface area contributed by atoms with Gasteiger partial charge in [0.15, 0.2) is 0 Å². The summed E-state index contributed by atoms with van der Waals surface area (Å²) in [5, 5.41) is 0. The van der Waals surface area contributed by atoms with Crippen LogP contribution < -0.4 is 0 Å². The fraction of sp³-hybridized carbons (Fsp3) is 0.760. The topological polar surface area (TPSA) is 0 Å². The lowest BCUT2D eigenvalue weighted by molar-refractivity contribution is 0.113. The van der Waals surface area contributed by atoms with E-state index in [1.165, 1.54) is 70.6 Å². The van der Waals surface area contributed by atoms with Crippen LogP contribution in [0.15, 0.2) is 18.2 Å². The summed E-state index contributed by atoms with van der Waals surface area (Å²) in [5.74, 6) is 4.90. The highest BCUT2D eigenvalue weighted by Crippen LogP contribution is 2.48. The molecule has 0 aliphatic heterocycles. The third kappa shape index (κ3) is 3.99. The molecular formula is C25H38. The molecule has 0 spiro atoms. The lowest BCUT2D eigenvalue weighted by atomic mass is 9.63. The van der Waals surface area contributed by atoms with Gasteiger partial charge < -0.3 is 0 Å².